The van der Waals surface area contributed by atoms with Crippen LogP contribution in [0.2, 0.25) is 0 Å². The first-order valence-electron chi connectivity index (χ1n) is 9.28. The van der Waals surface area contributed by atoms with Crippen LogP contribution >= 0.6 is 0 Å². The van der Waals surface area contributed by atoms with Crippen LogP contribution in [0.15, 0.2) is 51.2 Å². The van der Waals surface area contributed by atoms with Gasteiger partial charge in [0.15, 0.2) is 25.6 Å². The lowest BCUT2D eigenvalue weighted by Gasteiger charge is -2.10. The number of rotatable bonds is 8. The minimum atomic E-state index is -3.89. The highest BCUT2D eigenvalue weighted by Gasteiger charge is 2.21. The predicted molar refractivity (Wildman–Crippen MR) is 119 cm³/mol. The van der Waals surface area contributed by atoms with E-state index < -0.39 is 72.0 Å². The number of carboxylic acid groups (broad SMARTS) is 1. The molecular weight excluding hydrogens is 554 g/mol. The van der Waals surface area contributed by atoms with Crippen LogP contribution in [0.5, 0.6) is 11.5 Å². The monoisotopic (exact) mass is 573 g/mol. The molecule has 2 rings (SSSR count). The summed E-state index contributed by atoms with van der Waals surface area (Å²) >= 11 is 0. The maximum absolute atomic E-state index is 12.2. The number of sulfone groups is 2. The molecule has 0 heterocycles. The van der Waals surface area contributed by atoms with Crippen LogP contribution in [-0.2, 0) is 19.7 Å². The third-order valence-electron chi connectivity index (χ3n) is 3.84. The number of nitrogens with two attached hydrogens (primary N) is 2. The fourth-order valence-electron chi connectivity index (χ4n) is 2.43. The first kappa shape index (κ1) is 31.1. The summed E-state index contributed by atoms with van der Waals surface area (Å²) in [6.45, 7) is -6.39. The van der Waals surface area contributed by atoms with E-state index in [1.165, 1.54) is 0 Å². The third-order valence-corrected chi connectivity index (χ3v) is 6.08. The van der Waals surface area contributed by atoms with Crippen molar-refractivity contribution in [3.8, 4) is 11.5 Å². The van der Waals surface area contributed by atoms with Crippen LogP contribution in [0.3, 0.4) is 0 Å². The van der Waals surface area contributed by atoms with Crippen molar-refractivity contribution in [3.63, 3.8) is 0 Å². The summed E-state index contributed by atoms with van der Waals surface area (Å²) in [5.41, 5.74) is 9.52. The van der Waals surface area contributed by atoms with E-state index >= 15 is 0 Å². The number of hydrogen-bond donors (Lipinski definition) is 3. The minimum Gasteiger partial charge on any atom is -0.478 e. The van der Waals surface area contributed by atoms with E-state index in [-0.39, 0.29) is 11.1 Å². The maximum atomic E-state index is 12.2. The fourth-order valence-corrected chi connectivity index (χ4v) is 4.08. The normalized spacial score (nSPS) is 11.4. The number of alkyl halides is 4. The summed E-state index contributed by atoms with van der Waals surface area (Å²) in [7, 11) is -7.74. The van der Waals surface area contributed by atoms with E-state index in [4.69, 9.17) is 16.6 Å². The van der Waals surface area contributed by atoms with E-state index in [0.29, 0.717) is 0 Å². The molecule has 0 saturated heterocycles. The predicted octanol–water partition coefficient (Wildman–Crippen LogP) is 1.49. The van der Waals surface area contributed by atoms with Gasteiger partial charge < -0.3 is 26.0 Å². The van der Waals surface area contributed by atoms with Crippen molar-refractivity contribution in [1.29, 1.82) is 0 Å². The van der Waals surface area contributed by atoms with Gasteiger partial charge in [-0.15, -0.1) is 0 Å². The first-order valence-corrected chi connectivity index (χ1v) is 13.1. The Morgan fingerprint density at radius 1 is 0.811 bits per heavy atom. The molecule has 204 valence electrons. The summed E-state index contributed by atoms with van der Waals surface area (Å²) in [4.78, 5) is 24.2. The Bertz CT molecular complexity index is 1410. The third kappa shape index (κ3) is 9.92. The van der Waals surface area contributed by atoms with Gasteiger partial charge >= 0.3 is 19.2 Å². The van der Waals surface area contributed by atoms with Crippen LogP contribution in [0.4, 0.5) is 17.6 Å². The molecular formula is C19H19F4N3O9S2. The van der Waals surface area contributed by atoms with E-state index in [2.05, 4.69) is 14.5 Å². The molecule has 2 aromatic carbocycles. The van der Waals surface area contributed by atoms with Crippen LogP contribution in [-0.4, -0.2) is 65.5 Å². The first-order chi connectivity index (χ1) is 16.8. The van der Waals surface area contributed by atoms with Crippen molar-refractivity contribution in [1.82, 2.24) is 0 Å². The molecule has 0 aliphatic heterocycles. The average molecular weight is 573 g/mol. The van der Waals surface area contributed by atoms with E-state index in [9.17, 15) is 44.0 Å². The lowest BCUT2D eigenvalue weighted by Crippen LogP contribution is -2.24. The van der Waals surface area contributed by atoms with Crippen molar-refractivity contribution in [2.24, 2.45) is 16.5 Å². The lowest BCUT2D eigenvalue weighted by molar-refractivity contribution is -0.0524. The molecule has 2 aromatic rings. The molecule has 0 atom stereocenters. The number of ether oxygens (including phenoxy) is 2. The molecule has 0 unspecified atom stereocenters. The summed E-state index contributed by atoms with van der Waals surface area (Å²) < 4.78 is 102. The number of carbonyl (C=O) groups is 2. The van der Waals surface area contributed by atoms with Gasteiger partial charge in [-0.2, -0.15) is 22.6 Å². The zero-order valence-corrected chi connectivity index (χ0v) is 20.4. The molecule has 0 aromatic heterocycles. The Morgan fingerprint density at radius 3 is 1.51 bits per heavy atom. The van der Waals surface area contributed by atoms with E-state index in [0.717, 1.165) is 48.9 Å². The lowest BCUT2D eigenvalue weighted by atomic mass is 10.2. The smallest absolute Gasteiger partial charge is 0.387 e. The van der Waals surface area contributed by atoms with Gasteiger partial charge in [0, 0.05) is 18.1 Å². The second-order valence-corrected chi connectivity index (χ2v) is 10.7. The largest absolute Gasteiger partial charge is 0.478 e. The Balaban J connectivity index is 0.000000375. The molecule has 18 heteroatoms. The van der Waals surface area contributed by atoms with Gasteiger partial charge in [-0.3, -0.25) is 4.79 Å². The zero-order valence-electron chi connectivity index (χ0n) is 18.8. The van der Waals surface area contributed by atoms with E-state index in [1.807, 2.05) is 0 Å². The van der Waals surface area contributed by atoms with Crippen molar-refractivity contribution >= 4 is 37.5 Å². The van der Waals surface area contributed by atoms with Gasteiger partial charge in [-0.25, -0.2) is 21.6 Å². The van der Waals surface area contributed by atoms with Crippen molar-refractivity contribution < 1.29 is 58.6 Å². The number of nitrogens with zero attached hydrogens (tertiary/aromatic N) is 1. The van der Waals surface area contributed by atoms with Crippen molar-refractivity contribution in [2.45, 2.75) is 23.0 Å². The summed E-state index contributed by atoms with van der Waals surface area (Å²) in [5, 5.41) is 8.66. The number of guanidine groups is 1. The van der Waals surface area contributed by atoms with E-state index in [1.54, 1.807) is 0 Å². The Morgan fingerprint density at radius 2 is 1.19 bits per heavy atom. The second kappa shape index (κ2) is 12.3. The number of amides is 1. The van der Waals surface area contributed by atoms with Crippen LogP contribution < -0.4 is 20.9 Å². The maximum Gasteiger partial charge on any atom is 0.387 e. The molecule has 0 spiro atoms. The molecule has 0 aliphatic rings. The SMILES string of the molecule is CS(=O)(=O)c1cc(C(=O)N=C(N)N)ccc1OC(F)F.CS(=O)(=O)c1cc(C(=O)O)ccc1OC(F)F. The standard InChI is InChI=1S/C10H11F2N3O4S.C9H8F2O5S/c1-20(17,18)7-4-5(8(16)15-10(13)14)2-3-6(7)19-9(11)12;1-17(14,15)7-4-5(8(12)13)2-3-6(7)16-9(10)11/h2-4,9H,1H3,(H4,13,14,15,16);2-4,9H,1H3,(H,12,13). The van der Waals surface area contributed by atoms with Gasteiger partial charge in [-0.1, -0.05) is 0 Å². The molecule has 0 radical (unpaired) electrons. The number of halogens is 4. The van der Waals surface area contributed by atoms with Gasteiger partial charge in [0.05, 0.1) is 5.56 Å². The van der Waals surface area contributed by atoms with Gasteiger partial charge in [0.1, 0.15) is 21.3 Å². The number of carbonyl (C=O) groups excluding carboxylic acids is 1. The molecule has 5 N–H and O–H groups in total. The van der Waals surface area contributed by atoms with Gasteiger partial charge in [0.2, 0.25) is 0 Å². The van der Waals surface area contributed by atoms with Crippen LogP contribution in [0.1, 0.15) is 20.7 Å². The number of benzene rings is 2. The number of aliphatic imine (C=N–C) groups is 1. The van der Waals surface area contributed by atoms with Crippen molar-refractivity contribution in [3.05, 3.63) is 47.5 Å². The molecule has 12 nitrogen and oxygen atoms in total. The highest BCUT2D eigenvalue weighted by Crippen LogP contribution is 2.28. The zero-order chi connectivity index (χ0) is 28.7. The minimum absolute atomic E-state index is 0.180. The molecule has 37 heavy (non-hydrogen) atoms. The highest BCUT2D eigenvalue weighted by molar-refractivity contribution is 7.91. The molecule has 0 saturated carbocycles. The summed E-state index contributed by atoms with van der Waals surface area (Å²) in [6.07, 6.45) is 1.56. The number of carboxylic acids is 1. The van der Waals surface area contributed by atoms with Gasteiger partial charge in [-0.05, 0) is 36.4 Å². The Kier molecular flexibility index (Phi) is 10.4. The number of aromatic carboxylic acids is 1. The fraction of sp³-hybridized carbons (Fsp3) is 0.211. The summed E-state index contributed by atoms with van der Waals surface area (Å²) in [6, 6.07) is 5.50. The highest BCUT2D eigenvalue weighted by atomic mass is 32.2. The molecule has 1 amide bonds. The molecule has 0 bridgehead atoms. The van der Waals surface area contributed by atoms with Gasteiger partial charge in [0.25, 0.3) is 5.91 Å². The average Bonchev–Trinajstić information content (AvgIpc) is 2.71. The summed E-state index contributed by atoms with van der Waals surface area (Å²) in [5.74, 6) is -3.92. The molecule has 0 fully saturated rings. The topological polar surface area (TPSA) is 206 Å². The quantitative estimate of drug-likeness (QED) is 0.234. The second-order valence-electron chi connectivity index (χ2n) is 6.77. The Hall–Kier alpha value is -3.93. The Labute approximate surface area is 207 Å². The number of hydrogen-bond acceptors (Lipinski definition) is 8. The van der Waals surface area contributed by atoms with Crippen molar-refractivity contribution in [2.75, 3.05) is 12.5 Å². The molecule has 0 aliphatic carbocycles. The van der Waals surface area contributed by atoms with Crippen LogP contribution in [0, 0.1) is 0 Å². The van der Waals surface area contributed by atoms with Crippen LogP contribution in [0.25, 0.3) is 0 Å².